The fourth-order valence-electron chi connectivity index (χ4n) is 2.75. The number of anilines is 1. The summed E-state index contributed by atoms with van der Waals surface area (Å²) in [6.45, 7) is 1.78. The number of carbonyl (C=O) groups excluding carboxylic acids is 1. The first kappa shape index (κ1) is 14.4. The van der Waals surface area contributed by atoms with Crippen molar-refractivity contribution in [2.24, 2.45) is 11.8 Å². The number of aryl methyl sites for hydroxylation is 1. The van der Waals surface area contributed by atoms with Gasteiger partial charge in [0.15, 0.2) is 0 Å². The standard InChI is InChI=1S/C15H19NO4/c1-9-8-10(17)6-7-13(9)16-14(18)11-4-2-3-5-12(11)15(19)20/h6-8,11-12,17H,2-5H2,1H3,(H,16,18)(H,19,20)/t11-,12+/m1/s1. The molecule has 0 heterocycles. The molecule has 0 bridgehead atoms. The summed E-state index contributed by atoms with van der Waals surface area (Å²) in [4.78, 5) is 23.5. The average molecular weight is 277 g/mol. The molecule has 1 fully saturated rings. The van der Waals surface area contributed by atoms with Gasteiger partial charge in [-0.3, -0.25) is 9.59 Å². The van der Waals surface area contributed by atoms with Gasteiger partial charge in [0.2, 0.25) is 5.91 Å². The second kappa shape index (κ2) is 5.94. The Bertz CT molecular complexity index is 527. The third-order valence-electron chi connectivity index (χ3n) is 3.89. The molecule has 1 aromatic rings. The minimum atomic E-state index is -0.896. The quantitative estimate of drug-likeness (QED) is 0.741. The van der Waals surface area contributed by atoms with E-state index in [1.165, 1.54) is 6.07 Å². The van der Waals surface area contributed by atoms with Crippen LogP contribution in [0.1, 0.15) is 31.2 Å². The summed E-state index contributed by atoms with van der Waals surface area (Å²) in [5.41, 5.74) is 1.36. The number of hydrogen-bond donors (Lipinski definition) is 3. The molecular formula is C15H19NO4. The maximum atomic E-state index is 12.3. The molecule has 0 saturated heterocycles. The topological polar surface area (TPSA) is 86.6 Å². The summed E-state index contributed by atoms with van der Waals surface area (Å²) in [5, 5.41) is 21.3. The van der Waals surface area contributed by atoms with Gasteiger partial charge in [0.1, 0.15) is 5.75 Å². The van der Waals surface area contributed by atoms with Crippen LogP contribution in [0.4, 0.5) is 5.69 Å². The Hall–Kier alpha value is -2.04. The molecule has 1 saturated carbocycles. The van der Waals surface area contributed by atoms with Crippen LogP contribution in [0.5, 0.6) is 5.75 Å². The van der Waals surface area contributed by atoms with Crippen molar-refractivity contribution < 1.29 is 19.8 Å². The van der Waals surface area contributed by atoms with Gasteiger partial charge in [0.05, 0.1) is 11.8 Å². The van der Waals surface area contributed by atoms with E-state index in [4.69, 9.17) is 0 Å². The summed E-state index contributed by atoms with van der Waals surface area (Å²) < 4.78 is 0. The number of aliphatic carboxylic acids is 1. The molecule has 0 aromatic heterocycles. The van der Waals surface area contributed by atoms with Gasteiger partial charge >= 0.3 is 5.97 Å². The number of hydrogen-bond acceptors (Lipinski definition) is 3. The third kappa shape index (κ3) is 3.10. The van der Waals surface area contributed by atoms with Crippen molar-refractivity contribution in [2.75, 3.05) is 5.32 Å². The molecule has 108 valence electrons. The van der Waals surface area contributed by atoms with Crippen molar-refractivity contribution in [3.8, 4) is 5.75 Å². The van der Waals surface area contributed by atoms with Gasteiger partial charge < -0.3 is 15.5 Å². The molecule has 5 nitrogen and oxygen atoms in total. The first-order valence-electron chi connectivity index (χ1n) is 6.82. The number of rotatable bonds is 3. The van der Waals surface area contributed by atoms with Crippen molar-refractivity contribution in [1.82, 2.24) is 0 Å². The van der Waals surface area contributed by atoms with E-state index in [1.807, 2.05) is 0 Å². The van der Waals surface area contributed by atoms with Crippen molar-refractivity contribution in [3.05, 3.63) is 23.8 Å². The average Bonchev–Trinajstić information content (AvgIpc) is 2.41. The van der Waals surface area contributed by atoms with Gasteiger partial charge in [0.25, 0.3) is 0 Å². The number of aromatic hydroxyl groups is 1. The molecule has 1 aliphatic carbocycles. The number of carboxylic acid groups (broad SMARTS) is 1. The van der Waals surface area contributed by atoms with Crippen LogP contribution >= 0.6 is 0 Å². The number of benzene rings is 1. The van der Waals surface area contributed by atoms with Crippen LogP contribution in [-0.4, -0.2) is 22.1 Å². The zero-order valence-corrected chi connectivity index (χ0v) is 11.4. The maximum Gasteiger partial charge on any atom is 0.307 e. The van der Waals surface area contributed by atoms with Crippen LogP contribution in [0.15, 0.2) is 18.2 Å². The fraction of sp³-hybridized carbons (Fsp3) is 0.467. The SMILES string of the molecule is Cc1cc(O)ccc1NC(=O)[C@@H]1CCCC[C@@H]1C(=O)O. The van der Waals surface area contributed by atoms with E-state index in [0.29, 0.717) is 18.5 Å². The second-order valence-electron chi connectivity index (χ2n) is 5.32. The summed E-state index contributed by atoms with van der Waals surface area (Å²) in [6, 6.07) is 4.69. The van der Waals surface area contributed by atoms with Crippen LogP contribution in [0.2, 0.25) is 0 Å². The van der Waals surface area contributed by atoms with E-state index < -0.39 is 17.8 Å². The Morgan fingerprint density at radius 1 is 1.20 bits per heavy atom. The van der Waals surface area contributed by atoms with Crippen molar-refractivity contribution in [2.45, 2.75) is 32.6 Å². The molecule has 5 heteroatoms. The summed E-state index contributed by atoms with van der Waals surface area (Å²) >= 11 is 0. The molecular weight excluding hydrogens is 258 g/mol. The van der Waals surface area contributed by atoms with E-state index in [0.717, 1.165) is 18.4 Å². The van der Waals surface area contributed by atoms with Crippen LogP contribution in [0.3, 0.4) is 0 Å². The number of carbonyl (C=O) groups is 2. The predicted octanol–water partition coefficient (Wildman–Crippen LogP) is 2.53. The number of amides is 1. The van der Waals surface area contributed by atoms with Gasteiger partial charge in [-0.05, 0) is 43.5 Å². The molecule has 0 spiro atoms. The van der Waals surface area contributed by atoms with Gasteiger partial charge in [0, 0.05) is 5.69 Å². The monoisotopic (exact) mass is 277 g/mol. The highest BCUT2D eigenvalue weighted by Crippen LogP contribution is 2.31. The lowest BCUT2D eigenvalue weighted by Gasteiger charge is -2.27. The van der Waals surface area contributed by atoms with Gasteiger partial charge in [-0.15, -0.1) is 0 Å². The zero-order valence-electron chi connectivity index (χ0n) is 11.4. The molecule has 0 radical (unpaired) electrons. The largest absolute Gasteiger partial charge is 0.508 e. The molecule has 1 aromatic carbocycles. The molecule has 0 aliphatic heterocycles. The van der Waals surface area contributed by atoms with Gasteiger partial charge in [-0.2, -0.15) is 0 Å². The van der Waals surface area contributed by atoms with Crippen LogP contribution in [-0.2, 0) is 9.59 Å². The Morgan fingerprint density at radius 2 is 1.85 bits per heavy atom. The highest BCUT2D eigenvalue weighted by atomic mass is 16.4. The molecule has 2 rings (SSSR count). The van der Waals surface area contributed by atoms with Gasteiger partial charge in [-0.1, -0.05) is 12.8 Å². The normalized spacial score (nSPS) is 22.2. The Labute approximate surface area is 117 Å². The molecule has 3 N–H and O–H groups in total. The van der Waals surface area contributed by atoms with Gasteiger partial charge in [-0.25, -0.2) is 0 Å². The first-order chi connectivity index (χ1) is 9.49. The Balaban J connectivity index is 2.12. The number of phenols is 1. The van der Waals surface area contributed by atoms with E-state index >= 15 is 0 Å². The number of phenolic OH excluding ortho intramolecular Hbond substituents is 1. The zero-order chi connectivity index (χ0) is 14.7. The van der Waals surface area contributed by atoms with Crippen molar-refractivity contribution in [3.63, 3.8) is 0 Å². The lowest BCUT2D eigenvalue weighted by molar-refractivity contribution is -0.147. The first-order valence-corrected chi connectivity index (χ1v) is 6.82. The van der Waals surface area contributed by atoms with Crippen LogP contribution in [0, 0.1) is 18.8 Å². The number of nitrogens with one attached hydrogen (secondary N) is 1. The predicted molar refractivity (Wildman–Crippen MR) is 74.6 cm³/mol. The Kier molecular flexibility index (Phi) is 4.27. The Morgan fingerprint density at radius 3 is 2.45 bits per heavy atom. The smallest absolute Gasteiger partial charge is 0.307 e. The van der Waals surface area contributed by atoms with Crippen molar-refractivity contribution >= 4 is 17.6 Å². The second-order valence-corrected chi connectivity index (χ2v) is 5.32. The van der Waals surface area contributed by atoms with Crippen LogP contribution in [0.25, 0.3) is 0 Å². The molecule has 20 heavy (non-hydrogen) atoms. The molecule has 2 atom stereocenters. The summed E-state index contributed by atoms with van der Waals surface area (Å²) in [7, 11) is 0. The van der Waals surface area contributed by atoms with Crippen LogP contribution < -0.4 is 5.32 Å². The minimum Gasteiger partial charge on any atom is -0.508 e. The fourth-order valence-corrected chi connectivity index (χ4v) is 2.75. The molecule has 1 aliphatic rings. The third-order valence-corrected chi connectivity index (χ3v) is 3.89. The van der Waals surface area contributed by atoms with E-state index in [-0.39, 0.29) is 11.7 Å². The van der Waals surface area contributed by atoms with E-state index in [1.54, 1.807) is 19.1 Å². The maximum absolute atomic E-state index is 12.3. The highest BCUT2D eigenvalue weighted by molar-refractivity contribution is 5.95. The van der Waals surface area contributed by atoms with E-state index in [2.05, 4.69) is 5.32 Å². The molecule has 0 unspecified atom stereocenters. The van der Waals surface area contributed by atoms with E-state index in [9.17, 15) is 19.8 Å². The molecule has 1 amide bonds. The van der Waals surface area contributed by atoms with Crippen molar-refractivity contribution in [1.29, 1.82) is 0 Å². The minimum absolute atomic E-state index is 0.140. The number of carboxylic acids is 1. The summed E-state index contributed by atoms with van der Waals surface area (Å²) in [6.07, 6.45) is 2.91. The lowest BCUT2D eigenvalue weighted by atomic mass is 9.78. The lowest BCUT2D eigenvalue weighted by Crippen LogP contribution is -2.36. The highest BCUT2D eigenvalue weighted by Gasteiger charge is 2.35. The summed E-state index contributed by atoms with van der Waals surface area (Å²) in [5.74, 6) is -2.07.